The molecule has 0 saturated heterocycles. The third-order valence-electron chi connectivity index (χ3n) is 4.56. The van der Waals surface area contributed by atoms with E-state index in [1.807, 2.05) is 0 Å². The number of carbonyl (C=O) groups is 2. The fraction of sp³-hybridized carbons (Fsp3) is 0.905. The summed E-state index contributed by atoms with van der Waals surface area (Å²) in [6, 6.07) is 0. The molecule has 25 heavy (non-hydrogen) atoms. The number of rotatable bonds is 18. The van der Waals surface area contributed by atoms with Crippen LogP contribution in [-0.4, -0.2) is 23.1 Å². The molecule has 4 nitrogen and oxygen atoms in total. The van der Waals surface area contributed by atoms with Gasteiger partial charge in [0.1, 0.15) is 6.10 Å². The number of carboxylic acids is 1. The van der Waals surface area contributed by atoms with E-state index in [-0.39, 0.29) is 18.5 Å². The van der Waals surface area contributed by atoms with Gasteiger partial charge in [-0.1, -0.05) is 78.1 Å². The molecule has 0 rings (SSSR count). The highest BCUT2D eigenvalue weighted by molar-refractivity contribution is 5.69. The van der Waals surface area contributed by atoms with Crippen LogP contribution in [0.5, 0.6) is 0 Å². The highest BCUT2D eigenvalue weighted by Crippen LogP contribution is 2.15. The molecule has 0 aromatic heterocycles. The predicted molar refractivity (Wildman–Crippen MR) is 103 cm³/mol. The molecule has 0 amide bonds. The van der Waals surface area contributed by atoms with Crippen LogP contribution >= 0.6 is 0 Å². The second-order valence-electron chi connectivity index (χ2n) is 7.12. The van der Waals surface area contributed by atoms with Gasteiger partial charge in [0, 0.05) is 12.8 Å². The van der Waals surface area contributed by atoms with Gasteiger partial charge in [-0.3, -0.25) is 9.59 Å². The van der Waals surface area contributed by atoms with E-state index < -0.39 is 5.97 Å². The third kappa shape index (κ3) is 17.6. The fourth-order valence-corrected chi connectivity index (χ4v) is 3.07. The molecule has 0 aliphatic carbocycles. The lowest BCUT2D eigenvalue weighted by molar-refractivity contribution is -0.150. The standard InChI is InChI=1S/C21H40O4/c1-3-5-6-7-8-9-10-11-12-13-18-21(24)25-19(15-4-2)16-14-17-20(22)23/h19H,3-18H2,1-2H3,(H,22,23). The summed E-state index contributed by atoms with van der Waals surface area (Å²) in [6.45, 7) is 4.30. The van der Waals surface area contributed by atoms with Crippen LogP contribution in [0.25, 0.3) is 0 Å². The SMILES string of the molecule is CCCCCCCCCCCCC(=O)OC(CCC)CCCC(=O)O. The minimum Gasteiger partial charge on any atom is -0.481 e. The Morgan fingerprint density at radius 1 is 0.720 bits per heavy atom. The van der Waals surface area contributed by atoms with Crippen molar-refractivity contribution in [1.29, 1.82) is 0 Å². The van der Waals surface area contributed by atoms with E-state index in [0.29, 0.717) is 19.3 Å². The summed E-state index contributed by atoms with van der Waals surface area (Å²) in [7, 11) is 0. The van der Waals surface area contributed by atoms with Gasteiger partial charge in [-0.15, -0.1) is 0 Å². The highest BCUT2D eigenvalue weighted by atomic mass is 16.5. The van der Waals surface area contributed by atoms with Crippen molar-refractivity contribution in [1.82, 2.24) is 0 Å². The fourth-order valence-electron chi connectivity index (χ4n) is 3.07. The molecule has 148 valence electrons. The first-order chi connectivity index (χ1) is 12.1. The Bertz CT molecular complexity index is 328. The van der Waals surface area contributed by atoms with Crippen LogP contribution in [0.1, 0.15) is 117 Å². The molecule has 1 N–H and O–H groups in total. The normalized spacial score (nSPS) is 12.1. The second kappa shape index (κ2) is 17.8. The zero-order valence-corrected chi connectivity index (χ0v) is 16.6. The van der Waals surface area contributed by atoms with Gasteiger partial charge in [-0.05, 0) is 25.7 Å². The van der Waals surface area contributed by atoms with Crippen molar-refractivity contribution in [2.75, 3.05) is 0 Å². The molecule has 0 bridgehead atoms. The highest BCUT2D eigenvalue weighted by Gasteiger charge is 2.14. The van der Waals surface area contributed by atoms with E-state index in [4.69, 9.17) is 9.84 Å². The monoisotopic (exact) mass is 356 g/mol. The number of ether oxygens (including phenoxy) is 1. The van der Waals surface area contributed by atoms with Crippen molar-refractivity contribution in [3.8, 4) is 0 Å². The third-order valence-corrected chi connectivity index (χ3v) is 4.56. The molecule has 0 saturated carbocycles. The summed E-state index contributed by atoms with van der Waals surface area (Å²) in [6.07, 6.45) is 16.1. The molecule has 0 aliphatic rings. The zero-order valence-electron chi connectivity index (χ0n) is 16.6. The summed E-state index contributed by atoms with van der Waals surface area (Å²) in [5, 5.41) is 8.69. The van der Waals surface area contributed by atoms with Crippen molar-refractivity contribution in [2.45, 2.75) is 123 Å². The first-order valence-corrected chi connectivity index (χ1v) is 10.5. The van der Waals surface area contributed by atoms with Crippen LogP contribution in [0, 0.1) is 0 Å². The first kappa shape index (κ1) is 23.9. The predicted octanol–water partition coefficient (Wildman–Crippen LogP) is 6.26. The number of carboxylic acid groups (broad SMARTS) is 1. The lowest BCUT2D eigenvalue weighted by Crippen LogP contribution is -2.18. The van der Waals surface area contributed by atoms with Crippen LogP contribution in [0.4, 0.5) is 0 Å². The summed E-state index contributed by atoms with van der Waals surface area (Å²) in [5.74, 6) is -0.903. The summed E-state index contributed by atoms with van der Waals surface area (Å²) in [5.41, 5.74) is 0. The van der Waals surface area contributed by atoms with Crippen molar-refractivity contribution in [3.63, 3.8) is 0 Å². The van der Waals surface area contributed by atoms with E-state index in [1.165, 1.54) is 51.4 Å². The molecular weight excluding hydrogens is 316 g/mol. The molecule has 0 radical (unpaired) electrons. The van der Waals surface area contributed by atoms with Crippen LogP contribution in [0.3, 0.4) is 0 Å². The van der Waals surface area contributed by atoms with Gasteiger partial charge in [0.2, 0.25) is 0 Å². The second-order valence-corrected chi connectivity index (χ2v) is 7.12. The van der Waals surface area contributed by atoms with E-state index in [1.54, 1.807) is 0 Å². The average Bonchev–Trinajstić information content (AvgIpc) is 2.56. The number of hydrogen-bond acceptors (Lipinski definition) is 3. The van der Waals surface area contributed by atoms with Gasteiger partial charge in [0.05, 0.1) is 0 Å². The van der Waals surface area contributed by atoms with Crippen molar-refractivity contribution in [2.24, 2.45) is 0 Å². The smallest absolute Gasteiger partial charge is 0.306 e. The van der Waals surface area contributed by atoms with E-state index in [9.17, 15) is 9.59 Å². The van der Waals surface area contributed by atoms with Gasteiger partial charge in [-0.25, -0.2) is 0 Å². The van der Waals surface area contributed by atoms with Crippen LogP contribution < -0.4 is 0 Å². The molecular formula is C21H40O4. The molecule has 0 spiro atoms. The summed E-state index contributed by atoms with van der Waals surface area (Å²) in [4.78, 5) is 22.5. The van der Waals surface area contributed by atoms with E-state index >= 15 is 0 Å². The number of hydrogen-bond donors (Lipinski definition) is 1. The topological polar surface area (TPSA) is 63.6 Å². The Hall–Kier alpha value is -1.06. The number of aliphatic carboxylic acids is 1. The maximum Gasteiger partial charge on any atom is 0.306 e. The van der Waals surface area contributed by atoms with Crippen LogP contribution in [0.2, 0.25) is 0 Å². The number of unbranched alkanes of at least 4 members (excludes halogenated alkanes) is 9. The summed E-state index contributed by atoms with van der Waals surface area (Å²) >= 11 is 0. The molecule has 4 heteroatoms. The summed E-state index contributed by atoms with van der Waals surface area (Å²) < 4.78 is 5.52. The van der Waals surface area contributed by atoms with Crippen LogP contribution in [0.15, 0.2) is 0 Å². The van der Waals surface area contributed by atoms with E-state index in [0.717, 1.165) is 25.7 Å². The zero-order chi connectivity index (χ0) is 18.8. The van der Waals surface area contributed by atoms with E-state index in [2.05, 4.69) is 13.8 Å². The van der Waals surface area contributed by atoms with Gasteiger partial charge >= 0.3 is 11.9 Å². The lowest BCUT2D eigenvalue weighted by atomic mass is 10.1. The Kier molecular flexibility index (Phi) is 17.0. The Balaban J connectivity index is 3.60. The van der Waals surface area contributed by atoms with Crippen molar-refractivity contribution >= 4 is 11.9 Å². The largest absolute Gasteiger partial charge is 0.481 e. The minimum absolute atomic E-state index is 0.111. The van der Waals surface area contributed by atoms with Crippen LogP contribution in [-0.2, 0) is 14.3 Å². The van der Waals surface area contributed by atoms with Crippen molar-refractivity contribution < 1.29 is 19.4 Å². The molecule has 0 aromatic rings. The van der Waals surface area contributed by atoms with Gasteiger partial charge in [0.15, 0.2) is 0 Å². The maximum atomic E-state index is 11.9. The molecule has 0 aliphatic heterocycles. The first-order valence-electron chi connectivity index (χ1n) is 10.5. The Morgan fingerprint density at radius 2 is 1.28 bits per heavy atom. The lowest BCUT2D eigenvalue weighted by Gasteiger charge is -2.17. The van der Waals surface area contributed by atoms with Crippen molar-refractivity contribution in [3.05, 3.63) is 0 Å². The Labute approximate surface area is 154 Å². The molecule has 1 unspecified atom stereocenters. The van der Waals surface area contributed by atoms with Gasteiger partial charge in [-0.2, -0.15) is 0 Å². The quantitative estimate of drug-likeness (QED) is 0.232. The minimum atomic E-state index is -0.785. The maximum absolute atomic E-state index is 11.9. The Morgan fingerprint density at radius 3 is 1.80 bits per heavy atom. The molecule has 1 atom stereocenters. The molecule has 0 fully saturated rings. The number of carbonyl (C=O) groups excluding carboxylic acids is 1. The average molecular weight is 357 g/mol. The number of esters is 1. The van der Waals surface area contributed by atoms with Gasteiger partial charge < -0.3 is 9.84 Å². The van der Waals surface area contributed by atoms with Gasteiger partial charge in [0.25, 0.3) is 0 Å². The molecule has 0 aromatic carbocycles. The molecule has 0 heterocycles.